The van der Waals surface area contributed by atoms with Crippen LogP contribution in [0.4, 0.5) is 0 Å². The number of Topliss-reactive ketones (excluding diaryl/α,β-unsaturated/α-hetero) is 1. The average Bonchev–Trinajstić information content (AvgIpc) is 3.41. The molecule has 6 aliphatic rings. The molecule has 6 unspecified atom stereocenters. The minimum atomic E-state index is -1.15. The summed E-state index contributed by atoms with van der Waals surface area (Å²) in [6.45, 7) is 7.56. The zero-order valence-electron chi connectivity index (χ0n) is 25.6. The summed E-state index contributed by atoms with van der Waals surface area (Å²) in [6, 6.07) is 2.84. The summed E-state index contributed by atoms with van der Waals surface area (Å²) in [7, 11) is 1.51. The van der Waals surface area contributed by atoms with E-state index in [-0.39, 0.29) is 31.3 Å². The molecule has 6 atom stereocenters. The van der Waals surface area contributed by atoms with Gasteiger partial charge < -0.3 is 28.8 Å². The van der Waals surface area contributed by atoms with Crippen LogP contribution in [0.5, 0.6) is 28.7 Å². The second kappa shape index (κ2) is 10.5. The third kappa shape index (κ3) is 4.08. The molecule has 12 nitrogen and oxygen atoms in total. The molecule has 6 heterocycles. The van der Waals surface area contributed by atoms with Crippen molar-refractivity contribution in [1.29, 1.82) is 5.26 Å². The van der Waals surface area contributed by atoms with E-state index in [4.69, 9.17) is 23.7 Å². The summed E-state index contributed by atoms with van der Waals surface area (Å²) >= 11 is 1.23. The van der Waals surface area contributed by atoms with Gasteiger partial charge in [-0.15, -0.1) is 11.8 Å². The first kappa shape index (κ1) is 29.7. The van der Waals surface area contributed by atoms with Gasteiger partial charge in [0.2, 0.25) is 12.6 Å². The van der Waals surface area contributed by atoms with Crippen molar-refractivity contribution in [2.75, 3.05) is 39.4 Å². The number of cyclic esters (lactones) is 1. The molecule has 8 rings (SSSR count). The Morgan fingerprint density at radius 1 is 1.18 bits per heavy atom. The van der Waals surface area contributed by atoms with E-state index in [2.05, 4.69) is 15.9 Å². The summed E-state index contributed by atoms with van der Waals surface area (Å²) in [5, 5.41) is 22.4. The van der Waals surface area contributed by atoms with Crippen LogP contribution in [0.2, 0.25) is 0 Å². The molecule has 0 radical (unpaired) electrons. The Bertz CT molecular complexity index is 1720. The first-order chi connectivity index (χ1) is 21.6. The first-order valence-corrected chi connectivity index (χ1v) is 15.9. The number of esters is 2. The molecule has 4 bridgehead atoms. The lowest BCUT2D eigenvalue weighted by atomic mass is 9.76. The maximum Gasteiger partial charge on any atom is 0.375 e. The number of hydrogen-bond acceptors (Lipinski definition) is 13. The number of phenols is 1. The fourth-order valence-corrected chi connectivity index (χ4v) is 9.48. The number of ether oxygens (including phenoxy) is 5. The number of thioether (sulfide) groups is 1. The van der Waals surface area contributed by atoms with E-state index in [1.807, 2.05) is 19.9 Å². The normalized spacial score (nSPS) is 29.6. The van der Waals surface area contributed by atoms with Gasteiger partial charge in [0, 0.05) is 48.2 Å². The van der Waals surface area contributed by atoms with Gasteiger partial charge in [-0.2, -0.15) is 5.26 Å². The molecule has 0 aliphatic carbocycles. The second-order valence-electron chi connectivity index (χ2n) is 12.1. The third-order valence-electron chi connectivity index (χ3n) is 9.74. The van der Waals surface area contributed by atoms with Crippen molar-refractivity contribution in [3.63, 3.8) is 0 Å². The van der Waals surface area contributed by atoms with Gasteiger partial charge in [0.25, 0.3) is 0 Å². The summed E-state index contributed by atoms with van der Waals surface area (Å²) in [5.41, 5.74) is 2.87. The lowest BCUT2D eigenvalue weighted by molar-refractivity contribution is -0.157. The topological polar surface area (TPSA) is 148 Å². The number of aryl methyl sites for hydroxylation is 1. The third-order valence-corrected chi connectivity index (χ3v) is 11.0. The number of hydrogen-bond donors (Lipinski definition) is 1. The number of phenolic OH excluding ortho intramolecular Hbond substituents is 1. The van der Waals surface area contributed by atoms with Gasteiger partial charge in [-0.25, -0.2) is 4.79 Å². The van der Waals surface area contributed by atoms with Gasteiger partial charge in [-0.3, -0.25) is 19.4 Å². The second-order valence-corrected chi connectivity index (χ2v) is 13.2. The zero-order chi connectivity index (χ0) is 31.9. The zero-order valence-corrected chi connectivity index (χ0v) is 26.4. The minimum Gasteiger partial charge on any atom is -0.504 e. The van der Waals surface area contributed by atoms with E-state index in [0.29, 0.717) is 58.3 Å². The molecule has 0 aromatic heterocycles. The summed E-state index contributed by atoms with van der Waals surface area (Å²) in [5.74, 6) is -0.865. The number of aromatic hydroxyl groups is 1. The van der Waals surface area contributed by atoms with Crippen LogP contribution >= 0.6 is 11.8 Å². The molecule has 0 spiro atoms. The van der Waals surface area contributed by atoms with Crippen LogP contribution in [0.1, 0.15) is 64.6 Å². The van der Waals surface area contributed by atoms with Crippen LogP contribution < -0.4 is 18.9 Å². The fourth-order valence-electron chi connectivity index (χ4n) is 8.15. The van der Waals surface area contributed by atoms with Crippen molar-refractivity contribution >= 4 is 29.5 Å². The van der Waals surface area contributed by atoms with Crippen molar-refractivity contribution in [2.45, 2.75) is 63.0 Å². The maximum absolute atomic E-state index is 13.0. The number of carbonyl (C=O) groups is 3. The van der Waals surface area contributed by atoms with Crippen molar-refractivity contribution < 1.29 is 43.2 Å². The molecular weight excluding hydrogens is 602 g/mol. The molecule has 0 amide bonds. The summed E-state index contributed by atoms with van der Waals surface area (Å²) < 4.78 is 29.2. The van der Waals surface area contributed by atoms with Crippen LogP contribution in [0.15, 0.2) is 6.07 Å². The van der Waals surface area contributed by atoms with Crippen molar-refractivity contribution in [3.05, 3.63) is 39.4 Å². The van der Waals surface area contributed by atoms with Crippen molar-refractivity contribution in [2.24, 2.45) is 0 Å². The molecule has 0 saturated carbocycles. The Labute approximate surface area is 264 Å². The number of rotatable bonds is 3. The quantitative estimate of drug-likeness (QED) is 0.299. The average molecular weight is 636 g/mol. The highest BCUT2D eigenvalue weighted by molar-refractivity contribution is 8.00. The Kier molecular flexibility index (Phi) is 6.96. The number of piperazine rings is 1. The number of fused-ring (bicyclic) bond motifs is 6. The Morgan fingerprint density at radius 3 is 2.62 bits per heavy atom. The van der Waals surface area contributed by atoms with Crippen LogP contribution in [-0.2, 0) is 25.5 Å². The SMILES string of the molecule is CCN1CC2(C#N)Cc3cc(C)c(OC)c(O)c3C1C1C3SCC(=O)C(=O)OCC(c4c5c(c(C)c(OC(C)=O)c43)OCO5)N12. The highest BCUT2D eigenvalue weighted by atomic mass is 32.2. The van der Waals surface area contributed by atoms with Crippen LogP contribution in [0.3, 0.4) is 0 Å². The summed E-state index contributed by atoms with van der Waals surface area (Å²) in [4.78, 5) is 42.7. The van der Waals surface area contributed by atoms with E-state index in [0.717, 1.165) is 11.1 Å². The Morgan fingerprint density at radius 2 is 1.93 bits per heavy atom. The molecule has 2 aromatic rings. The van der Waals surface area contributed by atoms with Crippen molar-refractivity contribution in [3.8, 4) is 34.8 Å². The Hall–Kier alpha value is -3.99. The van der Waals surface area contributed by atoms with E-state index in [1.165, 1.54) is 25.8 Å². The number of nitrogens with zero attached hydrogens (tertiary/aromatic N) is 3. The van der Waals surface area contributed by atoms with E-state index in [9.17, 15) is 24.8 Å². The molecule has 2 fully saturated rings. The van der Waals surface area contributed by atoms with E-state index < -0.39 is 46.6 Å². The molecule has 236 valence electrons. The Balaban J connectivity index is 1.60. The standard InChI is InChI=1S/C32H33N3O9S/c1-6-34-12-32(11-33)8-17-7-14(2)26(40-5)25(38)20(17)23(34)24-30-22-21(18(35(24)32)9-41-31(39)19(37)10-45-30)29-28(42-13-43-29)15(3)27(22)44-16(4)36/h7,18,23-24,30,38H,6,8-10,12-13H2,1-5H3. The van der Waals surface area contributed by atoms with Crippen molar-refractivity contribution in [1.82, 2.24) is 9.80 Å². The number of carbonyl (C=O) groups excluding carboxylic acids is 3. The molecule has 6 aliphatic heterocycles. The molecule has 2 aromatic carbocycles. The van der Waals surface area contributed by atoms with Gasteiger partial charge in [0.15, 0.2) is 23.0 Å². The van der Waals surface area contributed by atoms with E-state index in [1.54, 1.807) is 6.92 Å². The molecule has 1 N–H and O–H groups in total. The van der Waals surface area contributed by atoms with Gasteiger partial charge in [-0.05, 0) is 31.5 Å². The molecule has 2 saturated heterocycles. The van der Waals surface area contributed by atoms with Gasteiger partial charge in [0.1, 0.15) is 17.9 Å². The fraction of sp³-hybridized carbons (Fsp3) is 0.500. The van der Waals surface area contributed by atoms with Crippen LogP contribution in [0, 0.1) is 25.2 Å². The summed E-state index contributed by atoms with van der Waals surface area (Å²) in [6.07, 6.45) is 0.277. The predicted molar refractivity (Wildman–Crippen MR) is 160 cm³/mol. The highest BCUT2D eigenvalue weighted by Crippen LogP contribution is 2.65. The predicted octanol–water partition coefficient (Wildman–Crippen LogP) is 3.19. The number of nitriles is 1. The highest BCUT2D eigenvalue weighted by Gasteiger charge is 2.63. The van der Waals surface area contributed by atoms with Crippen LogP contribution in [0.25, 0.3) is 0 Å². The monoisotopic (exact) mass is 635 g/mol. The number of benzene rings is 2. The minimum absolute atomic E-state index is 0.00862. The molecule has 13 heteroatoms. The van der Waals surface area contributed by atoms with Crippen LogP contribution in [-0.4, -0.2) is 83.6 Å². The van der Waals surface area contributed by atoms with Gasteiger partial charge in [0.05, 0.1) is 36.3 Å². The first-order valence-electron chi connectivity index (χ1n) is 14.9. The molecular formula is C32H33N3O9S. The van der Waals surface area contributed by atoms with E-state index >= 15 is 0 Å². The number of methoxy groups -OCH3 is 1. The maximum atomic E-state index is 13.0. The number of ketones is 1. The largest absolute Gasteiger partial charge is 0.504 e. The lowest BCUT2D eigenvalue weighted by Crippen LogP contribution is -2.69. The van der Waals surface area contributed by atoms with Gasteiger partial charge >= 0.3 is 11.9 Å². The number of likely N-dealkylation sites (N-methyl/N-ethyl adjacent to an activating group) is 1. The lowest BCUT2D eigenvalue weighted by Gasteiger charge is -2.60. The van der Waals surface area contributed by atoms with Gasteiger partial charge in [-0.1, -0.05) is 13.0 Å². The smallest absolute Gasteiger partial charge is 0.375 e. The molecule has 45 heavy (non-hydrogen) atoms.